The first kappa shape index (κ1) is 23.6. The van der Waals surface area contributed by atoms with Crippen molar-refractivity contribution in [1.29, 1.82) is 0 Å². The zero-order valence-corrected chi connectivity index (χ0v) is 18.2. The number of aliphatic hydroxyl groups excluding tert-OH is 1. The lowest BCUT2D eigenvalue weighted by Crippen LogP contribution is -2.41. The highest BCUT2D eigenvalue weighted by Crippen LogP contribution is 2.41. The lowest BCUT2D eigenvalue weighted by Gasteiger charge is -2.33. The Labute approximate surface area is 192 Å². The number of fused-ring (bicyclic) bond motifs is 1. The first-order chi connectivity index (χ1) is 15.6. The molecule has 2 unspecified atom stereocenters. The van der Waals surface area contributed by atoms with Gasteiger partial charge in [0.05, 0.1) is 17.9 Å². The second-order valence-electron chi connectivity index (χ2n) is 8.12. The van der Waals surface area contributed by atoms with E-state index >= 15 is 0 Å². The number of nitrogens with zero attached hydrogens (tertiary/aromatic N) is 1. The van der Waals surface area contributed by atoms with Crippen LogP contribution in [0.25, 0.3) is 5.57 Å². The van der Waals surface area contributed by atoms with Crippen LogP contribution >= 0.6 is 11.6 Å². The van der Waals surface area contributed by atoms with Crippen LogP contribution in [0.3, 0.4) is 0 Å². The average molecular weight is 487 g/mol. The molecule has 33 heavy (non-hydrogen) atoms. The number of aromatic nitrogens is 1. The fraction of sp³-hybridized carbons (Fsp3) is 0.455. The summed E-state index contributed by atoms with van der Waals surface area (Å²) in [6.45, 7) is 4.14. The third-order valence-corrected chi connectivity index (χ3v) is 5.93. The molecule has 0 radical (unpaired) electrons. The molecule has 1 saturated carbocycles. The zero-order valence-electron chi connectivity index (χ0n) is 17.4. The highest BCUT2D eigenvalue weighted by molar-refractivity contribution is 6.30. The van der Waals surface area contributed by atoms with Crippen LogP contribution in [0.5, 0.6) is 5.75 Å². The predicted molar refractivity (Wildman–Crippen MR) is 112 cm³/mol. The summed E-state index contributed by atoms with van der Waals surface area (Å²) in [5, 5.41) is 13.5. The summed E-state index contributed by atoms with van der Waals surface area (Å²) in [6, 6.07) is 4.84. The van der Waals surface area contributed by atoms with E-state index in [0.29, 0.717) is 34.0 Å². The molecule has 0 bridgehead atoms. The maximum absolute atomic E-state index is 12.5. The number of hydrogen-bond acceptors (Lipinski definition) is 6. The van der Waals surface area contributed by atoms with Crippen molar-refractivity contribution in [2.45, 2.75) is 56.3 Å². The molecule has 1 aromatic heterocycles. The van der Waals surface area contributed by atoms with Gasteiger partial charge >= 0.3 is 6.36 Å². The summed E-state index contributed by atoms with van der Waals surface area (Å²) in [5.74, 6) is 0.152. The Bertz CT molecular complexity index is 1040. The van der Waals surface area contributed by atoms with Gasteiger partial charge in [-0.2, -0.15) is 0 Å². The molecule has 1 aliphatic heterocycles. The van der Waals surface area contributed by atoms with E-state index in [1.807, 2.05) is 0 Å². The number of ether oxygens (including phenoxy) is 2. The second-order valence-corrected chi connectivity index (χ2v) is 8.55. The van der Waals surface area contributed by atoms with Gasteiger partial charge in [0.15, 0.2) is 6.10 Å². The van der Waals surface area contributed by atoms with E-state index < -0.39 is 24.7 Å². The van der Waals surface area contributed by atoms with Gasteiger partial charge in [-0.3, -0.25) is 9.53 Å². The molecule has 2 heterocycles. The molecule has 4 rings (SSSR count). The zero-order chi connectivity index (χ0) is 23.8. The topological polar surface area (TPSA) is 93.8 Å². The van der Waals surface area contributed by atoms with Crippen molar-refractivity contribution in [2.75, 3.05) is 6.54 Å². The van der Waals surface area contributed by atoms with Crippen molar-refractivity contribution in [2.24, 2.45) is 0 Å². The maximum Gasteiger partial charge on any atom is 0.522 e. The van der Waals surface area contributed by atoms with Crippen LogP contribution in [0.4, 0.5) is 13.2 Å². The van der Waals surface area contributed by atoms with Crippen molar-refractivity contribution < 1.29 is 37.0 Å². The van der Waals surface area contributed by atoms with Crippen molar-refractivity contribution in [3.8, 4) is 5.75 Å². The number of hydrogen-bond donors (Lipinski definition) is 2. The molecule has 1 amide bonds. The smallest absolute Gasteiger partial charge is 0.480 e. The standard InChI is InChI=1S/C22H22ClF3N2O5/c1-11(21-28-16(10-31-21)12-6-14(7-12)33-22(24,25)26)4-5-27-20(30)19-9-17(29)15-8-13(23)2-3-18(15)32-19/h2-3,8,10,12,14,17,19,29H,1,4-7,9H2,(H,27,30)/t12-,14+,17?,19?. The van der Waals surface area contributed by atoms with Crippen molar-refractivity contribution >= 4 is 23.1 Å². The van der Waals surface area contributed by atoms with E-state index in [1.165, 1.54) is 6.26 Å². The number of oxazole rings is 1. The number of amides is 1. The molecule has 1 fully saturated rings. The first-order valence-electron chi connectivity index (χ1n) is 10.4. The van der Waals surface area contributed by atoms with Crippen molar-refractivity contribution in [3.63, 3.8) is 0 Å². The second kappa shape index (κ2) is 9.36. The quantitative estimate of drug-likeness (QED) is 0.598. The van der Waals surface area contributed by atoms with E-state index in [1.54, 1.807) is 18.2 Å². The van der Waals surface area contributed by atoms with Crippen LogP contribution in [0, 0.1) is 0 Å². The lowest BCUT2D eigenvalue weighted by atomic mass is 9.80. The summed E-state index contributed by atoms with van der Waals surface area (Å²) in [5.41, 5.74) is 1.64. The Balaban J connectivity index is 1.22. The largest absolute Gasteiger partial charge is 0.522 e. The van der Waals surface area contributed by atoms with Crippen molar-refractivity contribution in [3.05, 3.63) is 53.2 Å². The third kappa shape index (κ3) is 5.69. The molecule has 2 N–H and O–H groups in total. The Morgan fingerprint density at radius 2 is 2.09 bits per heavy atom. The molecule has 1 aliphatic carbocycles. The van der Waals surface area contributed by atoms with Gasteiger partial charge in [-0.1, -0.05) is 18.2 Å². The fourth-order valence-electron chi connectivity index (χ4n) is 3.86. The Kier molecular flexibility index (Phi) is 6.69. The average Bonchev–Trinajstić information content (AvgIpc) is 3.19. The van der Waals surface area contributed by atoms with Gasteiger partial charge in [0.25, 0.3) is 5.91 Å². The fourth-order valence-corrected chi connectivity index (χ4v) is 4.05. The predicted octanol–water partition coefficient (Wildman–Crippen LogP) is 4.51. The number of carbonyl (C=O) groups is 1. The van der Waals surface area contributed by atoms with E-state index in [9.17, 15) is 23.1 Å². The molecule has 2 atom stereocenters. The number of rotatable bonds is 7. The van der Waals surface area contributed by atoms with Crippen LogP contribution in [0.15, 0.2) is 35.5 Å². The van der Waals surface area contributed by atoms with Crippen molar-refractivity contribution in [1.82, 2.24) is 10.3 Å². The normalized spacial score (nSPS) is 24.4. The minimum absolute atomic E-state index is 0.101. The van der Waals surface area contributed by atoms with Gasteiger partial charge in [0, 0.05) is 35.0 Å². The molecule has 0 saturated heterocycles. The number of nitrogens with one attached hydrogen (secondary N) is 1. The Morgan fingerprint density at radius 1 is 1.33 bits per heavy atom. The van der Waals surface area contributed by atoms with Crippen LogP contribution in [-0.4, -0.2) is 41.1 Å². The summed E-state index contributed by atoms with van der Waals surface area (Å²) >= 11 is 5.94. The SMILES string of the molecule is C=C(CCNC(=O)C1CC(O)c2cc(Cl)ccc2O1)c1nc([C@H]2C[C@@H](OC(F)(F)F)C2)co1. The number of aliphatic hydroxyl groups is 1. The van der Waals surface area contributed by atoms with E-state index in [0.717, 1.165) is 0 Å². The van der Waals surface area contributed by atoms with Gasteiger partial charge < -0.3 is 19.6 Å². The maximum atomic E-state index is 12.5. The molecular weight excluding hydrogens is 465 g/mol. The number of halogens is 4. The minimum Gasteiger partial charge on any atom is -0.480 e. The van der Waals surface area contributed by atoms with Gasteiger partial charge in [-0.15, -0.1) is 13.2 Å². The lowest BCUT2D eigenvalue weighted by molar-refractivity contribution is -0.351. The Morgan fingerprint density at radius 3 is 2.82 bits per heavy atom. The van der Waals surface area contributed by atoms with Gasteiger partial charge in [-0.05, 0) is 37.5 Å². The Hall–Kier alpha value is -2.56. The van der Waals surface area contributed by atoms with Gasteiger partial charge in [0.1, 0.15) is 12.0 Å². The third-order valence-electron chi connectivity index (χ3n) is 5.69. The molecule has 1 aromatic carbocycles. The minimum atomic E-state index is -4.64. The van der Waals surface area contributed by atoms with Gasteiger partial charge in [0.2, 0.25) is 5.89 Å². The van der Waals surface area contributed by atoms with Crippen LogP contribution in [-0.2, 0) is 9.53 Å². The number of carbonyl (C=O) groups excluding carboxylic acids is 1. The van der Waals surface area contributed by atoms with Gasteiger partial charge in [-0.25, -0.2) is 4.98 Å². The van der Waals surface area contributed by atoms with Crippen LogP contribution < -0.4 is 10.1 Å². The number of benzene rings is 1. The molecule has 2 aromatic rings. The summed E-state index contributed by atoms with van der Waals surface area (Å²) < 4.78 is 51.8. The summed E-state index contributed by atoms with van der Waals surface area (Å²) in [4.78, 5) is 16.8. The summed E-state index contributed by atoms with van der Waals surface area (Å²) in [7, 11) is 0. The molecule has 7 nitrogen and oxygen atoms in total. The van der Waals surface area contributed by atoms with Crippen LogP contribution in [0.1, 0.15) is 54.9 Å². The van der Waals surface area contributed by atoms with E-state index in [-0.39, 0.29) is 43.5 Å². The van der Waals surface area contributed by atoms with E-state index in [2.05, 4.69) is 21.6 Å². The molecule has 178 valence electrons. The number of alkyl halides is 3. The molecule has 0 spiro atoms. The monoisotopic (exact) mass is 486 g/mol. The highest BCUT2D eigenvalue weighted by Gasteiger charge is 2.41. The first-order valence-corrected chi connectivity index (χ1v) is 10.8. The van der Waals surface area contributed by atoms with E-state index in [4.69, 9.17) is 20.8 Å². The molecule has 11 heteroatoms. The van der Waals surface area contributed by atoms with Crippen LogP contribution in [0.2, 0.25) is 5.02 Å². The summed E-state index contributed by atoms with van der Waals surface area (Å²) in [6.07, 6.45) is -4.92. The molecular formula is C22H22ClF3N2O5. The highest BCUT2D eigenvalue weighted by atomic mass is 35.5. The molecule has 2 aliphatic rings.